The van der Waals surface area contributed by atoms with Gasteiger partial charge in [-0.25, -0.2) is 0 Å². The first-order valence-electron chi connectivity index (χ1n) is 15.6. The Kier molecular flexibility index (Phi) is 11.3. The second-order valence-corrected chi connectivity index (χ2v) is 14.7. The number of unbranched alkanes of at least 4 members (excludes halogenated alkanes) is 2. The van der Waals surface area contributed by atoms with E-state index in [0.29, 0.717) is 39.3 Å². The van der Waals surface area contributed by atoms with E-state index in [4.69, 9.17) is 9.47 Å². The molecule has 44 heavy (non-hydrogen) atoms. The summed E-state index contributed by atoms with van der Waals surface area (Å²) in [5.41, 5.74) is 0.748. The number of rotatable bonds is 15. The van der Waals surface area contributed by atoms with E-state index in [9.17, 15) is 19.5 Å². The number of fused-ring (bicyclic) bond motifs is 1. The summed E-state index contributed by atoms with van der Waals surface area (Å²) in [7, 11) is 0. The SMILES string of the molecule is C=CCCCCOC(=O)[C@H]1[C@@H]2SC3(CC2Br)C(C(=O)N(CC=C)CCN2CCOCC2)N([C@H](CO)c2ccccc2)C(=O)[C@H]13. The van der Waals surface area contributed by atoms with Gasteiger partial charge < -0.3 is 24.4 Å². The lowest BCUT2D eigenvalue weighted by molar-refractivity contribution is -0.154. The fourth-order valence-corrected chi connectivity index (χ4v) is 10.9. The van der Waals surface area contributed by atoms with Crippen molar-refractivity contribution in [3.63, 3.8) is 0 Å². The van der Waals surface area contributed by atoms with Gasteiger partial charge in [-0.15, -0.1) is 24.9 Å². The minimum absolute atomic E-state index is 0.0596. The third-order valence-corrected chi connectivity index (χ3v) is 12.6. The van der Waals surface area contributed by atoms with Gasteiger partial charge in [0, 0.05) is 42.8 Å². The first kappa shape index (κ1) is 33.2. The second kappa shape index (κ2) is 14.9. The maximum absolute atomic E-state index is 14.8. The highest BCUT2D eigenvalue weighted by atomic mass is 79.9. The highest BCUT2D eigenvalue weighted by Crippen LogP contribution is 2.68. The summed E-state index contributed by atoms with van der Waals surface area (Å²) in [6.45, 7) is 12.0. The van der Waals surface area contributed by atoms with E-state index in [1.165, 1.54) is 0 Å². The lowest BCUT2D eigenvalue weighted by Crippen LogP contribution is -2.57. The molecule has 1 spiro atoms. The molecule has 3 unspecified atom stereocenters. The number of allylic oxidation sites excluding steroid dienone is 1. The van der Waals surface area contributed by atoms with Crippen molar-refractivity contribution in [1.82, 2.24) is 14.7 Å². The zero-order chi connectivity index (χ0) is 31.3. The number of hydrogen-bond donors (Lipinski definition) is 1. The van der Waals surface area contributed by atoms with Gasteiger partial charge >= 0.3 is 5.97 Å². The number of likely N-dealkylation sites (tertiary alicyclic amines) is 1. The summed E-state index contributed by atoms with van der Waals surface area (Å²) in [4.78, 5) is 48.7. The quantitative estimate of drug-likeness (QED) is 0.130. The zero-order valence-electron chi connectivity index (χ0n) is 25.2. The molecule has 1 aromatic rings. The number of esters is 1. The minimum atomic E-state index is -0.859. The summed E-state index contributed by atoms with van der Waals surface area (Å²) in [6.07, 6.45) is 6.56. The van der Waals surface area contributed by atoms with Crippen molar-refractivity contribution < 1.29 is 29.0 Å². The molecule has 4 heterocycles. The topological polar surface area (TPSA) is 99.6 Å². The summed E-state index contributed by atoms with van der Waals surface area (Å²) < 4.78 is 10.4. The fourth-order valence-electron chi connectivity index (χ4n) is 7.35. The number of hydrogen-bond acceptors (Lipinski definition) is 8. The fraction of sp³-hybridized carbons (Fsp3) is 0.606. The molecule has 7 atom stereocenters. The normalized spacial score (nSPS) is 30.2. The predicted molar refractivity (Wildman–Crippen MR) is 174 cm³/mol. The van der Waals surface area contributed by atoms with E-state index in [1.807, 2.05) is 36.4 Å². The number of halogens is 1. The molecule has 4 fully saturated rings. The van der Waals surface area contributed by atoms with E-state index >= 15 is 0 Å². The van der Waals surface area contributed by atoms with Crippen LogP contribution in [-0.2, 0) is 23.9 Å². The van der Waals surface area contributed by atoms with Crippen LogP contribution in [-0.4, -0.2) is 118 Å². The molecule has 2 bridgehead atoms. The van der Waals surface area contributed by atoms with Crippen molar-refractivity contribution in [3.8, 4) is 0 Å². The Bertz CT molecular complexity index is 1200. The number of carbonyl (C=O) groups is 3. The number of carbonyl (C=O) groups excluding carboxylic acids is 3. The van der Waals surface area contributed by atoms with Crippen LogP contribution < -0.4 is 0 Å². The molecule has 4 aliphatic heterocycles. The lowest BCUT2D eigenvalue weighted by Gasteiger charge is -2.40. The smallest absolute Gasteiger partial charge is 0.310 e. The molecule has 0 aliphatic carbocycles. The summed E-state index contributed by atoms with van der Waals surface area (Å²) in [6, 6.07) is 7.76. The number of aliphatic hydroxyl groups is 1. The molecule has 5 rings (SSSR count). The van der Waals surface area contributed by atoms with Gasteiger partial charge in [-0.1, -0.05) is 58.4 Å². The second-order valence-electron chi connectivity index (χ2n) is 12.0. The molecule has 9 nitrogen and oxygen atoms in total. The van der Waals surface area contributed by atoms with Crippen molar-refractivity contribution in [2.45, 2.75) is 52.6 Å². The molecule has 0 saturated carbocycles. The summed E-state index contributed by atoms with van der Waals surface area (Å²) in [5, 5.41) is 10.6. The summed E-state index contributed by atoms with van der Waals surface area (Å²) in [5.74, 6) is -2.21. The molecule has 2 amide bonds. The Morgan fingerprint density at radius 2 is 1.95 bits per heavy atom. The number of amides is 2. The third-order valence-electron chi connectivity index (χ3n) is 9.42. The molecule has 1 N–H and O–H groups in total. The number of ether oxygens (including phenoxy) is 2. The van der Waals surface area contributed by atoms with Crippen molar-refractivity contribution in [3.05, 3.63) is 61.2 Å². The predicted octanol–water partition coefficient (Wildman–Crippen LogP) is 3.43. The molecule has 4 saturated heterocycles. The largest absolute Gasteiger partial charge is 0.465 e. The number of morpholine rings is 1. The van der Waals surface area contributed by atoms with E-state index in [-0.39, 0.29) is 41.1 Å². The average molecular weight is 691 g/mol. The third kappa shape index (κ3) is 6.40. The maximum atomic E-state index is 14.8. The molecule has 1 aromatic carbocycles. The molecule has 240 valence electrons. The van der Waals surface area contributed by atoms with Crippen LogP contribution in [0.3, 0.4) is 0 Å². The van der Waals surface area contributed by atoms with Gasteiger partial charge in [0.1, 0.15) is 6.04 Å². The van der Waals surface area contributed by atoms with Crippen LogP contribution in [0.15, 0.2) is 55.6 Å². The Balaban J connectivity index is 1.49. The molecule has 4 aliphatic rings. The Hall–Kier alpha value is -2.18. The molecule has 0 aromatic heterocycles. The van der Waals surface area contributed by atoms with Crippen LogP contribution in [0.2, 0.25) is 0 Å². The van der Waals surface area contributed by atoms with Crippen LogP contribution in [0.4, 0.5) is 0 Å². The van der Waals surface area contributed by atoms with Crippen LogP contribution >= 0.6 is 27.7 Å². The molecule has 0 radical (unpaired) electrons. The maximum Gasteiger partial charge on any atom is 0.310 e. The molecular weight excluding hydrogens is 646 g/mol. The van der Waals surface area contributed by atoms with Crippen molar-refractivity contribution in [1.29, 1.82) is 0 Å². The Labute approximate surface area is 273 Å². The van der Waals surface area contributed by atoms with Crippen molar-refractivity contribution in [2.75, 3.05) is 59.2 Å². The Morgan fingerprint density at radius 3 is 2.64 bits per heavy atom. The summed E-state index contributed by atoms with van der Waals surface area (Å²) >= 11 is 5.41. The van der Waals surface area contributed by atoms with Gasteiger partial charge in [-0.3, -0.25) is 19.3 Å². The van der Waals surface area contributed by atoms with Gasteiger partial charge in [0.25, 0.3) is 0 Å². The van der Waals surface area contributed by atoms with Crippen LogP contribution in [0.25, 0.3) is 0 Å². The van der Waals surface area contributed by atoms with E-state index < -0.39 is 28.7 Å². The standard InChI is InChI=1S/C33H44BrN3O6S/c1-3-5-6-10-18-43-32(41)26-27-30(39)37(25(22-38)23-11-8-7-9-12-23)29(33(27)21-24(34)28(26)44-33)31(40)36(13-4-2)15-14-35-16-19-42-20-17-35/h3-4,7-9,11-12,24-29,38H,1-2,5-6,10,13-22H2/t24?,25-,26-,27+,28-,29?,33?/m1/s1. The first-order valence-corrected chi connectivity index (χ1v) is 17.4. The van der Waals surface area contributed by atoms with E-state index in [0.717, 1.165) is 37.9 Å². The van der Waals surface area contributed by atoms with Gasteiger partial charge in [-0.2, -0.15) is 0 Å². The molecule has 11 heteroatoms. The highest BCUT2D eigenvalue weighted by molar-refractivity contribution is 9.09. The monoisotopic (exact) mass is 689 g/mol. The number of benzene rings is 1. The lowest BCUT2D eigenvalue weighted by atomic mass is 9.71. The van der Waals surface area contributed by atoms with E-state index in [2.05, 4.69) is 34.0 Å². The minimum Gasteiger partial charge on any atom is -0.465 e. The molecular formula is C33H44BrN3O6S. The number of alkyl halides is 1. The average Bonchev–Trinajstić information content (AvgIpc) is 3.63. The van der Waals surface area contributed by atoms with Gasteiger partial charge in [0.15, 0.2) is 0 Å². The van der Waals surface area contributed by atoms with Crippen LogP contribution in [0, 0.1) is 11.8 Å². The van der Waals surface area contributed by atoms with Crippen LogP contribution in [0.1, 0.15) is 37.3 Å². The van der Waals surface area contributed by atoms with Gasteiger partial charge in [0.2, 0.25) is 11.8 Å². The van der Waals surface area contributed by atoms with Gasteiger partial charge in [0.05, 0.1) is 49.1 Å². The number of nitrogens with zero attached hydrogens (tertiary/aromatic N) is 3. The Morgan fingerprint density at radius 1 is 1.20 bits per heavy atom. The number of aliphatic hydroxyl groups excluding tert-OH is 1. The highest BCUT2D eigenvalue weighted by Gasteiger charge is 2.76. The first-order chi connectivity index (χ1) is 21.4. The van der Waals surface area contributed by atoms with Crippen molar-refractivity contribution >= 4 is 45.5 Å². The van der Waals surface area contributed by atoms with Gasteiger partial charge in [-0.05, 0) is 31.2 Å². The van der Waals surface area contributed by atoms with Crippen LogP contribution in [0.5, 0.6) is 0 Å². The van der Waals surface area contributed by atoms with E-state index in [1.54, 1.807) is 27.6 Å². The number of thioether (sulfide) groups is 1. The zero-order valence-corrected chi connectivity index (χ0v) is 27.6. The van der Waals surface area contributed by atoms with Crippen molar-refractivity contribution in [2.24, 2.45) is 11.8 Å².